The van der Waals surface area contributed by atoms with Crippen LogP contribution in [0.15, 0.2) is 32.9 Å². The predicted octanol–water partition coefficient (Wildman–Crippen LogP) is 2.33. The third-order valence-electron chi connectivity index (χ3n) is 6.07. The van der Waals surface area contributed by atoms with Gasteiger partial charge in [-0.1, -0.05) is 35.2 Å². The van der Waals surface area contributed by atoms with Gasteiger partial charge in [-0.25, -0.2) is 10.1 Å². The molecule has 3 aromatic rings. The molecule has 1 amide bonds. The molecular formula is C23H28N10O3S2. The number of hydrazone groups is 1. The van der Waals surface area contributed by atoms with Gasteiger partial charge in [-0.05, 0) is 60.0 Å². The highest BCUT2D eigenvalue weighted by molar-refractivity contribution is 8.38. The molecular weight excluding hydrogens is 528 g/mol. The molecule has 5 rings (SSSR count). The molecule has 0 bridgehead atoms. The van der Waals surface area contributed by atoms with Crippen molar-refractivity contribution in [2.75, 3.05) is 38.2 Å². The Morgan fingerprint density at radius 3 is 2.92 bits per heavy atom. The number of nitrogens with one attached hydrogen (secondary N) is 1. The average Bonchev–Trinajstić information content (AvgIpc) is 3.69. The van der Waals surface area contributed by atoms with Crippen molar-refractivity contribution in [1.82, 2.24) is 35.6 Å². The zero-order valence-electron chi connectivity index (χ0n) is 20.9. The van der Waals surface area contributed by atoms with Gasteiger partial charge < -0.3 is 10.5 Å². The van der Waals surface area contributed by atoms with Crippen LogP contribution in [0.4, 0.5) is 5.82 Å². The summed E-state index contributed by atoms with van der Waals surface area (Å²) in [5, 5.41) is 19.9. The van der Waals surface area contributed by atoms with Crippen LogP contribution in [0, 0.1) is 0 Å². The largest absolute Gasteiger partial charge is 0.496 e. The zero-order chi connectivity index (χ0) is 26.3. The number of thioether (sulfide) groups is 2. The SMILES string of the molecule is COc1ccc(/C=N\NC(=O)c2c(CN3CCCCC3)nnn2-c2nonc2N)cc1CSC1=NCCS1. The summed E-state index contributed by atoms with van der Waals surface area (Å²) in [6, 6.07) is 5.75. The number of likely N-dealkylation sites (tertiary alicyclic amines) is 1. The summed E-state index contributed by atoms with van der Waals surface area (Å²) in [6.45, 7) is 3.21. The highest BCUT2D eigenvalue weighted by atomic mass is 32.2. The molecule has 2 aromatic heterocycles. The van der Waals surface area contributed by atoms with E-state index in [1.165, 1.54) is 11.1 Å². The minimum atomic E-state index is -0.499. The summed E-state index contributed by atoms with van der Waals surface area (Å²) in [5.41, 5.74) is 11.0. The van der Waals surface area contributed by atoms with Gasteiger partial charge in [0.1, 0.15) is 15.8 Å². The van der Waals surface area contributed by atoms with Crippen molar-refractivity contribution >= 4 is 45.8 Å². The van der Waals surface area contributed by atoms with Gasteiger partial charge in [-0.2, -0.15) is 9.78 Å². The average molecular weight is 557 g/mol. The van der Waals surface area contributed by atoms with Gasteiger partial charge in [0.25, 0.3) is 5.91 Å². The number of rotatable bonds is 9. The maximum absolute atomic E-state index is 13.3. The van der Waals surface area contributed by atoms with E-state index in [9.17, 15) is 4.79 Å². The number of aromatic nitrogens is 5. The van der Waals surface area contributed by atoms with E-state index < -0.39 is 5.91 Å². The predicted molar refractivity (Wildman–Crippen MR) is 147 cm³/mol. The van der Waals surface area contributed by atoms with Crippen LogP contribution in [0.1, 0.15) is 46.6 Å². The Kier molecular flexibility index (Phi) is 8.55. The fraction of sp³-hybridized carbons (Fsp3) is 0.435. The summed E-state index contributed by atoms with van der Waals surface area (Å²) < 4.78 is 12.6. The molecule has 0 spiro atoms. The second-order valence-electron chi connectivity index (χ2n) is 8.66. The molecule has 38 heavy (non-hydrogen) atoms. The summed E-state index contributed by atoms with van der Waals surface area (Å²) in [6.07, 6.45) is 4.99. The monoisotopic (exact) mass is 556 g/mol. The van der Waals surface area contributed by atoms with Crippen molar-refractivity contribution in [1.29, 1.82) is 0 Å². The number of carbonyl (C=O) groups excluding carboxylic acids is 1. The standard InChI is InChI=1S/C23H28N10O3S2/c1-35-18-6-5-15(11-16(18)14-38-23-25-7-10-37-23)12-26-28-22(34)19-17(13-32-8-3-2-4-9-32)27-31-33(19)21-20(24)29-36-30-21/h5-6,11-12H,2-4,7-10,13-14H2,1H3,(H2,24,29)(H,28,34)/b26-12-. The molecule has 0 atom stereocenters. The molecule has 200 valence electrons. The van der Waals surface area contributed by atoms with Crippen LogP contribution in [0.5, 0.6) is 5.75 Å². The van der Waals surface area contributed by atoms with E-state index in [1.54, 1.807) is 36.8 Å². The van der Waals surface area contributed by atoms with Crippen molar-refractivity contribution in [3.63, 3.8) is 0 Å². The van der Waals surface area contributed by atoms with Crippen LogP contribution in [0.25, 0.3) is 5.82 Å². The number of carbonyl (C=O) groups is 1. The second kappa shape index (κ2) is 12.4. The second-order valence-corrected chi connectivity index (χ2v) is 11.0. The number of methoxy groups -OCH3 is 1. The number of aliphatic imine (C=N–C) groups is 1. The lowest BCUT2D eigenvalue weighted by Crippen LogP contribution is -2.31. The number of benzene rings is 1. The van der Waals surface area contributed by atoms with Crippen molar-refractivity contribution < 1.29 is 14.2 Å². The molecule has 0 radical (unpaired) electrons. The minimum absolute atomic E-state index is 0.00238. The van der Waals surface area contributed by atoms with E-state index >= 15 is 0 Å². The Balaban J connectivity index is 1.32. The number of hydrogen-bond donors (Lipinski definition) is 2. The van der Waals surface area contributed by atoms with Gasteiger partial charge >= 0.3 is 0 Å². The number of ether oxygens (including phenoxy) is 1. The smallest absolute Gasteiger partial charge is 0.292 e. The van der Waals surface area contributed by atoms with E-state index in [0.717, 1.165) is 65.2 Å². The molecule has 1 aromatic carbocycles. The first-order valence-electron chi connectivity index (χ1n) is 12.2. The third-order valence-corrected chi connectivity index (χ3v) is 8.37. The number of anilines is 1. The quantitative estimate of drug-likeness (QED) is 0.294. The maximum Gasteiger partial charge on any atom is 0.292 e. The van der Waals surface area contributed by atoms with E-state index in [1.807, 2.05) is 18.2 Å². The lowest BCUT2D eigenvalue weighted by molar-refractivity contribution is 0.0944. The van der Waals surface area contributed by atoms with Crippen LogP contribution in [-0.2, 0) is 12.3 Å². The van der Waals surface area contributed by atoms with Crippen LogP contribution < -0.4 is 15.9 Å². The lowest BCUT2D eigenvalue weighted by atomic mass is 10.1. The molecule has 2 aliphatic rings. The summed E-state index contributed by atoms with van der Waals surface area (Å²) in [4.78, 5) is 20.0. The van der Waals surface area contributed by atoms with E-state index in [0.29, 0.717) is 12.2 Å². The van der Waals surface area contributed by atoms with Crippen molar-refractivity contribution in [3.05, 3.63) is 40.7 Å². The number of piperidine rings is 1. The van der Waals surface area contributed by atoms with Gasteiger partial charge in [0.05, 0.1) is 19.9 Å². The van der Waals surface area contributed by atoms with Gasteiger partial charge in [-0.15, -0.1) is 5.10 Å². The van der Waals surface area contributed by atoms with Gasteiger partial charge in [0.15, 0.2) is 5.69 Å². The minimum Gasteiger partial charge on any atom is -0.496 e. The van der Waals surface area contributed by atoms with Crippen molar-refractivity contribution in [3.8, 4) is 11.6 Å². The molecule has 13 nitrogen and oxygen atoms in total. The number of hydrogen-bond acceptors (Lipinski definition) is 13. The Hall–Kier alpha value is -3.43. The van der Waals surface area contributed by atoms with Crippen LogP contribution in [0.2, 0.25) is 0 Å². The highest BCUT2D eigenvalue weighted by Gasteiger charge is 2.26. The molecule has 3 N–H and O–H groups in total. The molecule has 2 aliphatic heterocycles. The summed E-state index contributed by atoms with van der Waals surface area (Å²) in [5.74, 6) is 2.14. The van der Waals surface area contributed by atoms with Gasteiger partial charge in [-0.3, -0.25) is 14.7 Å². The Morgan fingerprint density at radius 1 is 1.32 bits per heavy atom. The first kappa shape index (κ1) is 26.2. The maximum atomic E-state index is 13.3. The molecule has 15 heteroatoms. The fourth-order valence-corrected chi connectivity index (χ4v) is 6.20. The van der Waals surface area contributed by atoms with E-state index in [2.05, 4.69) is 41.0 Å². The van der Waals surface area contributed by atoms with Gasteiger partial charge in [0, 0.05) is 23.6 Å². The molecule has 0 saturated carbocycles. The zero-order valence-corrected chi connectivity index (χ0v) is 22.5. The molecule has 4 heterocycles. The normalized spacial score (nSPS) is 16.2. The first-order chi connectivity index (χ1) is 18.6. The third kappa shape index (κ3) is 6.16. The topological polar surface area (TPSA) is 162 Å². The molecule has 0 aliphatic carbocycles. The van der Waals surface area contributed by atoms with Crippen molar-refractivity contribution in [2.45, 2.75) is 31.6 Å². The fourth-order valence-electron chi connectivity index (χ4n) is 4.21. The molecule has 0 unspecified atom stereocenters. The van der Waals surface area contributed by atoms with Crippen LogP contribution >= 0.6 is 23.5 Å². The molecule has 1 saturated heterocycles. The number of nitrogens with zero attached hydrogens (tertiary/aromatic N) is 8. The van der Waals surface area contributed by atoms with Crippen LogP contribution in [-0.4, -0.2) is 79.2 Å². The van der Waals surface area contributed by atoms with Crippen LogP contribution in [0.3, 0.4) is 0 Å². The Morgan fingerprint density at radius 2 is 2.18 bits per heavy atom. The summed E-state index contributed by atoms with van der Waals surface area (Å²) >= 11 is 3.46. The highest BCUT2D eigenvalue weighted by Crippen LogP contribution is 2.29. The van der Waals surface area contributed by atoms with E-state index in [4.69, 9.17) is 15.1 Å². The van der Waals surface area contributed by atoms with Gasteiger partial charge in [0.2, 0.25) is 11.6 Å². The first-order valence-corrected chi connectivity index (χ1v) is 14.1. The van der Waals surface area contributed by atoms with E-state index in [-0.39, 0.29) is 17.3 Å². The number of nitrogens with two attached hydrogens (primary N) is 1. The summed E-state index contributed by atoms with van der Waals surface area (Å²) in [7, 11) is 1.65. The number of nitrogen functional groups attached to an aromatic ring is 1. The number of amides is 1. The lowest BCUT2D eigenvalue weighted by Gasteiger charge is -2.25. The molecule has 1 fully saturated rings. The Bertz CT molecular complexity index is 1330. The van der Waals surface area contributed by atoms with Crippen molar-refractivity contribution in [2.24, 2.45) is 10.1 Å². The Labute approximate surface area is 227 Å².